The Kier molecular flexibility index (Phi) is 4.97. The fourth-order valence-corrected chi connectivity index (χ4v) is 2.45. The second-order valence-electron chi connectivity index (χ2n) is 6.07. The van der Waals surface area contributed by atoms with Gasteiger partial charge in [-0.25, -0.2) is 0 Å². The van der Waals surface area contributed by atoms with Crippen molar-refractivity contribution in [1.29, 1.82) is 0 Å². The molecule has 0 unspecified atom stereocenters. The number of halogens is 3. The molecule has 2 aromatic carbocycles. The normalized spacial score (nSPS) is 11.8. The highest BCUT2D eigenvalue weighted by molar-refractivity contribution is 5.59. The van der Waals surface area contributed by atoms with Crippen LogP contribution in [0.5, 0.6) is 5.75 Å². The molecular weight excluding hydrogens is 345 g/mol. The first kappa shape index (κ1) is 18.0. The Morgan fingerprint density at radius 3 is 2.58 bits per heavy atom. The lowest BCUT2D eigenvalue weighted by Crippen LogP contribution is -2.07. The molecule has 0 N–H and O–H groups in total. The monoisotopic (exact) mass is 362 g/mol. The Balaban J connectivity index is 1.76. The minimum Gasteiger partial charge on any atom is -0.485 e. The molecule has 0 saturated carbocycles. The summed E-state index contributed by atoms with van der Waals surface area (Å²) in [7, 11) is 0. The van der Waals surface area contributed by atoms with Gasteiger partial charge in [-0.1, -0.05) is 43.3 Å². The Morgan fingerprint density at radius 1 is 1.08 bits per heavy atom. The van der Waals surface area contributed by atoms with Crippen LogP contribution in [0.1, 0.15) is 36.7 Å². The second-order valence-corrected chi connectivity index (χ2v) is 6.07. The van der Waals surface area contributed by atoms with Crippen molar-refractivity contribution in [3.8, 4) is 17.2 Å². The summed E-state index contributed by atoms with van der Waals surface area (Å²) in [5.74, 6) is 0.979. The molecule has 0 atom stereocenters. The van der Waals surface area contributed by atoms with Crippen LogP contribution in [0.2, 0.25) is 0 Å². The summed E-state index contributed by atoms with van der Waals surface area (Å²) in [6.45, 7) is 4.14. The van der Waals surface area contributed by atoms with Crippen LogP contribution in [0.15, 0.2) is 53.1 Å². The number of hydrogen-bond donors (Lipinski definition) is 0. The molecule has 7 heteroatoms. The van der Waals surface area contributed by atoms with Crippen molar-refractivity contribution in [1.82, 2.24) is 10.1 Å². The first-order chi connectivity index (χ1) is 12.3. The fourth-order valence-electron chi connectivity index (χ4n) is 2.45. The van der Waals surface area contributed by atoms with Crippen molar-refractivity contribution < 1.29 is 22.4 Å². The van der Waals surface area contributed by atoms with Crippen LogP contribution in [-0.4, -0.2) is 10.1 Å². The first-order valence-corrected chi connectivity index (χ1v) is 8.06. The minimum absolute atomic E-state index is 0.000761. The van der Waals surface area contributed by atoms with E-state index in [1.165, 1.54) is 18.2 Å². The summed E-state index contributed by atoms with van der Waals surface area (Å²) in [6, 6.07) is 12.7. The van der Waals surface area contributed by atoms with E-state index in [0.717, 1.165) is 11.6 Å². The lowest BCUT2D eigenvalue weighted by atomic mass is 10.0. The largest absolute Gasteiger partial charge is 0.485 e. The van der Waals surface area contributed by atoms with E-state index in [0.29, 0.717) is 11.7 Å². The molecule has 26 heavy (non-hydrogen) atoms. The molecule has 0 radical (unpaired) electrons. The Bertz CT molecular complexity index is 888. The van der Waals surface area contributed by atoms with E-state index in [1.54, 1.807) is 6.07 Å². The van der Waals surface area contributed by atoms with Gasteiger partial charge in [0.2, 0.25) is 5.82 Å². The molecule has 0 spiro atoms. The summed E-state index contributed by atoms with van der Waals surface area (Å²) in [5.41, 5.74) is 0.150. The Hall–Kier alpha value is -2.83. The van der Waals surface area contributed by atoms with Crippen LogP contribution in [0.4, 0.5) is 13.2 Å². The quantitative estimate of drug-likeness (QED) is 0.605. The highest BCUT2D eigenvalue weighted by Gasteiger charge is 2.34. The SMILES string of the molecule is CC(C)c1cccc(OCc2noc(-c3ccccc3C(F)(F)F)n2)c1. The van der Waals surface area contributed by atoms with Crippen molar-refractivity contribution in [2.75, 3.05) is 0 Å². The van der Waals surface area contributed by atoms with E-state index in [4.69, 9.17) is 9.26 Å². The van der Waals surface area contributed by atoms with E-state index in [-0.39, 0.29) is 23.9 Å². The maximum absolute atomic E-state index is 13.1. The molecule has 1 heterocycles. The highest BCUT2D eigenvalue weighted by Crippen LogP contribution is 2.36. The van der Waals surface area contributed by atoms with Gasteiger partial charge in [-0.05, 0) is 35.7 Å². The van der Waals surface area contributed by atoms with E-state index in [9.17, 15) is 13.2 Å². The molecular formula is C19H17F3N2O2. The zero-order valence-corrected chi connectivity index (χ0v) is 14.2. The van der Waals surface area contributed by atoms with Gasteiger partial charge in [-0.2, -0.15) is 18.2 Å². The number of rotatable bonds is 5. The summed E-state index contributed by atoms with van der Waals surface area (Å²) < 4.78 is 49.9. The molecule has 0 bridgehead atoms. The van der Waals surface area contributed by atoms with Gasteiger partial charge >= 0.3 is 6.18 Å². The number of aromatic nitrogens is 2. The number of hydrogen-bond acceptors (Lipinski definition) is 4. The minimum atomic E-state index is -4.50. The summed E-state index contributed by atoms with van der Waals surface area (Å²) >= 11 is 0. The van der Waals surface area contributed by atoms with Crippen molar-refractivity contribution in [2.24, 2.45) is 0 Å². The van der Waals surface area contributed by atoms with Gasteiger partial charge in [0.05, 0.1) is 11.1 Å². The number of alkyl halides is 3. The van der Waals surface area contributed by atoms with E-state index < -0.39 is 11.7 Å². The summed E-state index contributed by atoms with van der Waals surface area (Å²) in [6.07, 6.45) is -4.50. The molecule has 0 aliphatic carbocycles. The smallest absolute Gasteiger partial charge is 0.417 e. The van der Waals surface area contributed by atoms with Crippen LogP contribution >= 0.6 is 0 Å². The lowest BCUT2D eigenvalue weighted by Gasteiger charge is -2.09. The Labute approximate surface area is 148 Å². The molecule has 136 valence electrons. The highest BCUT2D eigenvalue weighted by atomic mass is 19.4. The summed E-state index contributed by atoms with van der Waals surface area (Å²) in [4.78, 5) is 4.02. The zero-order chi connectivity index (χ0) is 18.7. The van der Waals surface area contributed by atoms with Crippen LogP contribution in [0.25, 0.3) is 11.5 Å². The van der Waals surface area contributed by atoms with E-state index in [1.807, 2.05) is 18.2 Å². The van der Waals surface area contributed by atoms with Gasteiger partial charge in [0.15, 0.2) is 6.61 Å². The molecule has 0 amide bonds. The third kappa shape index (κ3) is 4.04. The first-order valence-electron chi connectivity index (χ1n) is 8.06. The second kappa shape index (κ2) is 7.19. The molecule has 1 aromatic heterocycles. The molecule has 4 nitrogen and oxygen atoms in total. The predicted octanol–water partition coefficient (Wildman–Crippen LogP) is 5.46. The van der Waals surface area contributed by atoms with Gasteiger partial charge in [-0.15, -0.1) is 0 Å². The van der Waals surface area contributed by atoms with Crippen LogP contribution in [0, 0.1) is 0 Å². The molecule has 0 aliphatic heterocycles. The van der Waals surface area contributed by atoms with Crippen LogP contribution < -0.4 is 4.74 Å². The van der Waals surface area contributed by atoms with E-state index >= 15 is 0 Å². The van der Waals surface area contributed by atoms with Gasteiger partial charge in [0.1, 0.15) is 5.75 Å². The van der Waals surface area contributed by atoms with Crippen molar-refractivity contribution in [3.63, 3.8) is 0 Å². The van der Waals surface area contributed by atoms with Gasteiger partial charge in [-0.3, -0.25) is 0 Å². The van der Waals surface area contributed by atoms with E-state index in [2.05, 4.69) is 24.0 Å². The summed E-state index contributed by atoms with van der Waals surface area (Å²) in [5, 5.41) is 3.71. The van der Waals surface area contributed by atoms with Gasteiger partial charge in [0.25, 0.3) is 5.89 Å². The number of nitrogens with zero attached hydrogens (tertiary/aromatic N) is 2. The number of ether oxygens (including phenoxy) is 1. The predicted molar refractivity (Wildman–Crippen MR) is 89.6 cm³/mol. The zero-order valence-electron chi connectivity index (χ0n) is 14.2. The van der Waals surface area contributed by atoms with Crippen molar-refractivity contribution >= 4 is 0 Å². The lowest BCUT2D eigenvalue weighted by molar-refractivity contribution is -0.137. The van der Waals surface area contributed by atoms with Gasteiger partial charge in [0, 0.05) is 0 Å². The molecule has 3 aromatic rings. The third-order valence-corrected chi connectivity index (χ3v) is 3.82. The van der Waals surface area contributed by atoms with Gasteiger partial charge < -0.3 is 9.26 Å². The molecule has 3 rings (SSSR count). The van der Waals surface area contributed by atoms with Crippen LogP contribution in [-0.2, 0) is 12.8 Å². The molecule has 0 aliphatic rings. The Morgan fingerprint density at radius 2 is 1.85 bits per heavy atom. The number of benzene rings is 2. The maximum Gasteiger partial charge on any atom is 0.417 e. The van der Waals surface area contributed by atoms with Crippen molar-refractivity contribution in [2.45, 2.75) is 32.5 Å². The third-order valence-electron chi connectivity index (χ3n) is 3.82. The standard InChI is InChI=1S/C19H17F3N2O2/c1-12(2)13-6-5-7-14(10-13)25-11-17-23-18(26-24-17)15-8-3-4-9-16(15)19(20,21)22/h3-10,12H,11H2,1-2H3. The fraction of sp³-hybridized carbons (Fsp3) is 0.263. The average Bonchev–Trinajstić information content (AvgIpc) is 3.08. The maximum atomic E-state index is 13.1. The molecule has 0 saturated heterocycles. The topological polar surface area (TPSA) is 48.2 Å². The average molecular weight is 362 g/mol. The molecule has 0 fully saturated rings. The van der Waals surface area contributed by atoms with Crippen LogP contribution in [0.3, 0.4) is 0 Å². The van der Waals surface area contributed by atoms with Crippen molar-refractivity contribution in [3.05, 3.63) is 65.5 Å².